The second kappa shape index (κ2) is 6.80. The number of carbonyl (C=O) groups excluding carboxylic acids is 1. The lowest BCUT2D eigenvalue weighted by Crippen LogP contribution is -2.21. The molecule has 1 aromatic heterocycles. The van der Waals surface area contributed by atoms with Crippen molar-refractivity contribution >= 4 is 17.5 Å². The Morgan fingerprint density at radius 1 is 1.41 bits per heavy atom. The van der Waals surface area contributed by atoms with E-state index in [9.17, 15) is 9.18 Å². The standard InChI is InChI=1S/C16H17FN4O/c1-4-8-21(11(2)22)13-7-5-6-12(9-13)15-14(17)10-19-16(18-3)20-15/h4-10H,1-3H3,(H,18,19,20)/b8-4-. The molecular weight excluding hydrogens is 283 g/mol. The van der Waals surface area contributed by atoms with Crippen LogP contribution in [0.1, 0.15) is 13.8 Å². The minimum Gasteiger partial charge on any atom is -0.357 e. The highest BCUT2D eigenvalue weighted by atomic mass is 19.1. The summed E-state index contributed by atoms with van der Waals surface area (Å²) in [5.41, 5.74) is 1.40. The summed E-state index contributed by atoms with van der Waals surface area (Å²) in [7, 11) is 1.66. The van der Waals surface area contributed by atoms with Crippen LogP contribution in [0.5, 0.6) is 0 Å². The maximum absolute atomic E-state index is 14.0. The van der Waals surface area contributed by atoms with Crippen molar-refractivity contribution < 1.29 is 9.18 Å². The predicted molar refractivity (Wildman–Crippen MR) is 84.9 cm³/mol. The number of hydrogen-bond donors (Lipinski definition) is 1. The molecule has 0 saturated heterocycles. The van der Waals surface area contributed by atoms with E-state index in [-0.39, 0.29) is 11.6 Å². The molecular formula is C16H17FN4O. The SMILES string of the molecule is C/C=C\N(C(C)=O)c1cccc(-c2nc(NC)ncc2F)c1. The molecule has 1 amide bonds. The highest BCUT2D eigenvalue weighted by molar-refractivity contribution is 5.94. The van der Waals surface area contributed by atoms with Crippen molar-refractivity contribution in [3.8, 4) is 11.3 Å². The number of halogens is 1. The fourth-order valence-corrected chi connectivity index (χ4v) is 2.01. The number of allylic oxidation sites excluding steroid dienone is 1. The molecule has 0 radical (unpaired) electrons. The first-order chi connectivity index (χ1) is 10.6. The zero-order chi connectivity index (χ0) is 16.1. The van der Waals surface area contributed by atoms with Gasteiger partial charge in [-0.15, -0.1) is 0 Å². The number of hydrogen-bond acceptors (Lipinski definition) is 4. The number of anilines is 2. The molecule has 0 atom stereocenters. The molecule has 0 spiro atoms. The number of carbonyl (C=O) groups is 1. The van der Waals surface area contributed by atoms with E-state index >= 15 is 0 Å². The first kappa shape index (κ1) is 15.6. The molecule has 0 fully saturated rings. The Hall–Kier alpha value is -2.76. The summed E-state index contributed by atoms with van der Waals surface area (Å²) in [4.78, 5) is 21.2. The van der Waals surface area contributed by atoms with Gasteiger partial charge in [-0.25, -0.2) is 14.4 Å². The molecule has 6 heteroatoms. The van der Waals surface area contributed by atoms with Crippen LogP contribution in [0.3, 0.4) is 0 Å². The van der Waals surface area contributed by atoms with Crippen LogP contribution < -0.4 is 10.2 Å². The molecule has 1 aromatic carbocycles. The van der Waals surface area contributed by atoms with E-state index in [4.69, 9.17) is 0 Å². The quantitative estimate of drug-likeness (QED) is 0.942. The Morgan fingerprint density at radius 2 is 2.18 bits per heavy atom. The van der Waals surface area contributed by atoms with Crippen molar-refractivity contribution in [2.45, 2.75) is 13.8 Å². The van der Waals surface area contributed by atoms with Crippen LogP contribution in [-0.2, 0) is 4.79 Å². The molecule has 1 heterocycles. The van der Waals surface area contributed by atoms with Gasteiger partial charge in [-0.1, -0.05) is 18.2 Å². The van der Waals surface area contributed by atoms with Crippen LogP contribution in [0.15, 0.2) is 42.7 Å². The molecule has 0 aliphatic heterocycles. The van der Waals surface area contributed by atoms with Gasteiger partial charge in [0.1, 0.15) is 5.69 Å². The van der Waals surface area contributed by atoms with Crippen LogP contribution in [0.2, 0.25) is 0 Å². The summed E-state index contributed by atoms with van der Waals surface area (Å²) in [6, 6.07) is 6.99. The zero-order valence-corrected chi connectivity index (χ0v) is 12.7. The maximum Gasteiger partial charge on any atom is 0.227 e. The molecule has 22 heavy (non-hydrogen) atoms. The van der Waals surface area contributed by atoms with Gasteiger partial charge in [0.15, 0.2) is 5.82 Å². The van der Waals surface area contributed by atoms with E-state index in [2.05, 4.69) is 15.3 Å². The van der Waals surface area contributed by atoms with Crippen LogP contribution in [0, 0.1) is 5.82 Å². The first-order valence-electron chi connectivity index (χ1n) is 6.80. The van der Waals surface area contributed by atoms with Crippen molar-refractivity contribution in [2.24, 2.45) is 0 Å². The lowest BCUT2D eigenvalue weighted by Gasteiger charge is -2.17. The van der Waals surface area contributed by atoms with Crippen molar-refractivity contribution in [3.05, 3.63) is 48.6 Å². The van der Waals surface area contributed by atoms with E-state index in [0.29, 0.717) is 17.2 Å². The van der Waals surface area contributed by atoms with Crippen LogP contribution in [0.4, 0.5) is 16.0 Å². The summed E-state index contributed by atoms with van der Waals surface area (Å²) in [5, 5.41) is 2.78. The van der Waals surface area contributed by atoms with Gasteiger partial charge in [-0.3, -0.25) is 9.69 Å². The Labute approximate surface area is 128 Å². The predicted octanol–water partition coefficient (Wildman–Crippen LogP) is 3.21. The van der Waals surface area contributed by atoms with Crippen molar-refractivity contribution in [1.29, 1.82) is 0 Å². The third-order valence-electron chi connectivity index (χ3n) is 3.00. The van der Waals surface area contributed by atoms with Crippen LogP contribution in [0.25, 0.3) is 11.3 Å². The number of rotatable bonds is 4. The zero-order valence-electron chi connectivity index (χ0n) is 12.7. The Kier molecular flexibility index (Phi) is 4.83. The highest BCUT2D eigenvalue weighted by Crippen LogP contribution is 2.26. The van der Waals surface area contributed by atoms with E-state index in [1.165, 1.54) is 11.8 Å². The number of nitrogens with zero attached hydrogens (tertiary/aromatic N) is 3. The van der Waals surface area contributed by atoms with Gasteiger partial charge in [0, 0.05) is 31.4 Å². The molecule has 0 aliphatic rings. The van der Waals surface area contributed by atoms with Crippen molar-refractivity contribution in [2.75, 3.05) is 17.3 Å². The fourth-order valence-electron chi connectivity index (χ4n) is 2.01. The Morgan fingerprint density at radius 3 is 2.82 bits per heavy atom. The smallest absolute Gasteiger partial charge is 0.227 e. The molecule has 0 bridgehead atoms. The minimum absolute atomic E-state index is 0.130. The summed E-state index contributed by atoms with van der Waals surface area (Å²) < 4.78 is 14.0. The third-order valence-corrected chi connectivity index (χ3v) is 3.00. The van der Waals surface area contributed by atoms with Gasteiger partial charge in [0.05, 0.1) is 6.20 Å². The fraction of sp³-hybridized carbons (Fsp3) is 0.188. The minimum atomic E-state index is -0.517. The summed E-state index contributed by atoms with van der Waals surface area (Å²) in [5.74, 6) is -0.315. The van der Waals surface area contributed by atoms with Gasteiger partial charge in [-0.2, -0.15) is 0 Å². The number of amides is 1. The van der Waals surface area contributed by atoms with Gasteiger partial charge < -0.3 is 5.32 Å². The Balaban J connectivity index is 2.50. The monoisotopic (exact) mass is 300 g/mol. The summed E-state index contributed by atoms with van der Waals surface area (Å²) in [6.45, 7) is 3.29. The first-order valence-corrected chi connectivity index (χ1v) is 6.80. The lowest BCUT2D eigenvalue weighted by molar-refractivity contribution is -0.116. The lowest BCUT2D eigenvalue weighted by atomic mass is 10.1. The van der Waals surface area contributed by atoms with Gasteiger partial charge in [-0.05, 0) is 19.1 Å². The number of nitrogens with one attached hydrogen (secondary N) is 1. The summed E-state index contributed by atoms with van der Waals surface area (Å²) in [6.07, 6.45) is 4.55. The third kappa shape index (κ3) is 3.28. The molecule has 0 unspecified atom stereocenters. The Bertz CT molecular complexity index is 715. The average Bonchev–Trinajstić information content (AvgIpc) is 2.53. The van der Waals surface area contributed by atoms with Crippen molar-refractivity contribution in [3.63, 3.8) is 0 Å². The van der Waals surface area contributed by atoms with E-state index in [1.807, 2.05) is 6.92 Å². The second-order valence-electron chi connectivity index (χ2n) is 4.56. The number of benzene rings is 1. The van der Waals surface area contributed by atoms with Crippen molar-refractivity contribution in [1.82, 2.24) is 9.97 Å². The van der Waals surface area contributed by atoms with E-state index in [0.717, 1.165) is 6.20 Å². The molecule has 2 rings (SSSR count). The highest BCUT2D eigenvalue weighted by Gasteiger charge is 2.13. The van der Waals surface area contributed by atoms with Crippen LogP contribution in [-0.4, -0.2) is 22.9 Å². The number of aromatic nitrogens is 2. The molecule has 2 aromatic rings. The topological polar surface area (TPSA) is 58.1 Å². The molecule has 0 saturated carbocycles. The maximum atomic E-state index is 14.0. The largest absolute Gasteiger partial charge is 0.357 e. The molecule has 0 aliphatic carbocycles. The van der Waals surface area contributed by atoms with Crippen LogP contribution >= 0.6 is 0 Å². The van der Waals surface area contributed by atoms with E-state index < -0.39 is 5.82 Å². The van der Waals surface area contributed by atoms with E-state index in [1.54, 1.807) is 43.6 Å². The van der Waals surface area contributed by atoms with Gasteiger partial charge in [0.2, 0.25) is 11.9 Å². The molecule has 1 N–H and O–H groups in total. The normalized spacial score (nSPS) is 10.7. The van der Waals surface area contributed by atoms with Gasteiger partial charge in [0.25, 0.3) is 0 Å². The molecule has 114 valence electrons. The molecule has 5 nitrogen and oxygen atoms in total. The summed E-state index contributed by atoms with van der Waals surface area (Å²) >= 11 is 0. The van der Waals surface area contributed by atoms with Gasteiger partial charge >= 0.3 is 0 Å². The average molecular weight is 300 g/mol. The second-order valence-corrected chi connectivity index (χ2v) is 4.56.